The fourth-order valence-corrected chi connectivity index (χ4v) is 11.2. The van der Waals surface area contributed by atoms with E-state index in [9.17, 15) is 0 Å². The number of anilines is 2. The third kappa shape index (κ3) is 12.8. The fourth-order valence-electron chi connectivity index (χ4n) is 5.89. The lowest BCUT2D eigenvalue weighted by atomic mass is 9.81. The van der Waals surface area contributed by atoms with Crippen LogP contribution in [0.2, 0.25) is 10.0 Å². The van der Waals surface area contributed by atoms with Gasteiger partial charge in [0.25, 0.3) is 0 Å². The summed E-state index contributed by atoms with van der Waals surface area (Å²) in [5.41, 5.74) is 26.7. The van der Waals surface area contributed by atoms with E-state index in [4.69, 9.17) is 44.7 Å². The van der Waals surface area contributed by atoms with Gasteiger partial charge in [-0.3, -0.25) is 0 Å². The number of fused-ring (bicyclic) bond motifs is 4. The molecule has 61 heavy (non-hydrogen) atoms. The Bertz CT molecular complexity index is 3080. The van der Waals surface area contributed by atoms with Crippen molar-refractivity contribution in [3.63, 3.8) is 0 Å². The molecule has 0 aliphatic heterocycles. The molecule has 10 rings (SSSR count). The van der Waals surface area contributed by atoms with Gasteiger partial charge in [-0.05, 0) is 166 Å². The summed E-state index contributed by atoms with van der Waals surface area (Å²) in [6, 6.07) is 33.2. The summed E-state index contributed by atoms with van der Waals surface area (Å²) in [5.74, 6) is 0. The molecule has 17 heteroatoms. The minimum Gasteiger partial charge on any atom is -0.423 e. The Morgan fingerprint density at radius 2 is 1.10 bits per heavy atom. The molecule has 310 valence electrons. The van der Waals surface area contributed by atoms with Gasteiger partial charge in [-0.2, -0.15) is 0 Å². The Morgan fingerprint density at radius 3 is 1.74 bits per heavy atom. The van der Waals surface area contributed by atoms with Crippen molar-refractivity contribution in [3.8, 4) is 11.1 Å². The molecular weight excluding hydrogens is 1010 g/mol. The molecule has 0 radical (unpaired) electrons. The van der Waals surface area contributed by atoms with Gasteiger partial charge in [-0.25, -0.2) is 19.9 Å². The van der Waals surface area contributed by atoms with Crippen LogP contribution in [-0.4, -0.2) is 37.1 Å². The maximum Gasteiger partial charge on any atom is 0.488 e. The Hall–Kier alpha value is -4.00. The molecule has 6 N–H and O–H groups in total. The summed E-state index contributed by atoms with van der Waals surface area (Å²) >= 11 is 24.9. The van der Waals surface area contributed by atoms with E-state index in [1.54, 1.807) is 40.9 Å². The second kappa shape index (κ2) is 21.4. The second-order valence-electron chi connectivity index (χ2n) is 13.6. The molecule has 8 nitrogen and oxygen atoms in total. The number of thiazole rings is 4. The van der Waals surface area contributed by atoms with Crippen LogP contribution < -0.4 is 16.9 Å². The number of nitrogen functional groups attached to an aromatic ring is 2. The first kappa shape index (κ1) is 46.5. The first-order valence-corrected chi connectivity index (χ1v) is 24.0. The summed E-state index contributed by atoms with van der Waals surface area (Å²) in [4.78, 5) is 17.0. The highest BCUT2D eigenvalue weighted by molar-refractivity contribution is 9.11. The van der Waals surface area contributed by atoms with Gasteiger partial charge in [0, 0.05) is 24.6 Å². The second-order valence-corrected chi connectivity index (χ2v) is 20.0. The molecule has 0 spiro atoms. The standard InChI is InChI=1S/C14H10ClNS.C8H7BrN2S.C8H6BrNS.C8H8N2S.C6H6BClO2/c1-9-5-12(10-3-2-4-11(15)7-10)14-13(6-9)17-8-16-14;1-4-2-5(9)7-6(3-4)12-8(10)11-7;1-5-2-6(9)8-7(3-5)11-4-10-8;1-5-2-3-6-7(4-5)11-8(9)10-6;8-6-3-1-2-5(4-6)7(9)10/h2-8H,1H3;2-3H,1H3,(H2,10,11);2-4H,1H3;2-4H,1H3,(H2,9,10);1-4,9-10H. The molecule has 0 saturated carbocycles. The maximum atomic E-state index is 8.65. The Kier molecular flexibility index (Phi) is 16.3. The van der Waals surface area contributed by atoms with Gasteiger partial charge in [0.15, 0.2) is 10.3 Å². The van der Waals surface area contributed by atoms with Crippen molar-refractivity contribution >= 4 is 164 Å². The van der Waals surface area contributed by atoms with E-state index < -0.39 is 7.12 Å². The van der Waals surface area contributed by atoms with E-state index in [1.807, 2.05) is 47.4 Å². The van der Waals surface area contributed by atoms with E-state index in [2.05, 4.69) is 122 Å². The number of aromatic nitrogens is 4. The number of nitrogens with two attached hydrogens (primary N) is 2. The van der Waals surface area contributed by atoms with Crippen molar-refractivity contribution in [1.29, 1.82) is 0 Å². The third-order valence-corrected chi connectivity index (χ3v) is 13.5. The molecule has 6 aromatic carbocycles. The maximum absolute atomic E-state index is 8.65. The van der Waals surface area contributed by atoms with Crippen LogP contribution in [0.3, 0.4) is 0 Å². The van der Waals surface area contributed by atoms with Crippen molar-refractivity contribution in [2.75, 3.05) is 11.5 Å². The zero-order valence-corrected chi connectivity index (χ0v) is 41.0. The summed E-state index contributed by atoms with van der Waals surface area (Å²) in [6.07, 6.45) is 0. The predicted molar refractivity (Wildman–Crippen MR) is 273 cm³/mol. The van der Waals surface area contributed by atoms with Crippen LogP contribution in [0, 0.1) is 27.7 Å². The van der Waals surface area contributed by atoms with Crippen molar-refractivity contribution in [1.82, 2.24) is 19.9 Å². The van der Waals surface area contributed by atoms with E-state index in [-0.39, 0.29) is 0 Å². The highest BCUT2D eigenvalue weighted by Crippen LogP contribution is 2.33. The van der Waals surface area contributed by atoms with Crippen molar-refractivity contribution in [3.05, 3.63) is 155 Å². The zero-order valence-electron chi connectivity index (χ0n) is 33.0. The van der Waals surface area contributed by atoms with Crippen LogP contribution in [0.25, 0.3) is 52.0 Å². The van der Waals surface area contributed by atoms with Crippen LogP contribution in [0.1, 0.15) is 22.3 Å². The zero-order chi connectivity index (χ0) is 43.8. The number of benzene rings is 6. The lowest BCUT2D eigenvalue weighted by Crippen LogP contribution is -2.29. The molecular formula is C44H37BBr2Cl2N6O2S4. The smallest absolute Gasteiger partial charge is 0.423 e. The molecule has 4 aromatic heterocycles. The number of hydrogen-bond acceptors (Lipinski definition) is 12. The average Bonchev–Trinajstić information content (AvgIpc) is 4.02. The monoisotopic (exact) mass is 1050 g/mol. The highest BCUT2D eigenvalue weighted by Gasteiger charge is 2.10. The number of rotatable bonds is 2. The molecule has 0 fully saturated rings. The Labute approximate surface area is 396 Å². The van der Waals surface area contributed by atoms with Gasteiger partial charge in [0.05, 0.1) is 51.9 Å². The quantitative estimate of drug-likeness (QED) is 0.125. The van der Waals surface area contributed by atoms with Crippen molar-refractivity contribution < 1.29 is 10.0 Å². The molecule has 4 heterocycles. The fraction of sp³-hybridized carbons (Fsp3) is 0.0909. The normalized spacial score (nSPS) is 10.6. The number of nitrogens with zero attached hydrogens (tertiary/aromatic N) is 4. The lowest BCUT2D eigenvalue weighted by molar-refractivity contribution is 0.426. The minimum atomic E-state index is -1.43. The van der Waals surface area contributed by atoms with Crippen molar-refractivity contribution in [2.24, 2.45) is 0 Å². The van der Waals surface area contributed by atoms with Gasteiger partial charge in [0.2, 0.25) is 0 Å². The van der Waals surface area contributed by atoms with Gasteiger partial charge in [-0.15, -0.1) is 22.7 Å². The van der Waals surface area contributed by atoms with Crippen LogP contribution in [-0.2, 0) is 0 Å². The molecule has 0 bridgehead atoms. The summed E-state index contributed by atoms with van der Waals surface area (Å²) in [7, 11) is -1.43. The summed E-state index contributed by atoms with van der Waals surface area (Å²) in [6.45, 7) is 8.31. The van der Waals surface area contributed by atoms with Crippen LogP contribution in [0.15, 0.2) is 123 Å². The average molecular weight is 1050 g/mol. The van der Waals surface area contributed by atoms with E-state index in [0.29, 0.717) is 20.7 Å². The molecule has 0 aliphatic carbocycles. The van der Waals surface area contributed by atoms with Crippen LogP contribution in [0.4, 0.5) is 10.3 Å². The van der Waals surface area contributed by atoms with E-state index >= 15 is 0 Å². The van der Waals surface area contributed by atoms with E-state index in [1.165, 1.54) is 65.1 Å². The predicted octanol–water partition coefficient (Wildman–Crippen LogP) is 13.4. The topological polar surface area (TPSA) is 144 Å². The lowest BCUT2D eigenvalue weighted by Gasteiger charge is -2.05. The molecule has 0 amide bonds. The number of hydrogen-bond donors (Lipinski definition) is 4. The molecule has 0 aliphatic rings. The van der Waals surface area contributed by atoms with Crippen LogP contribution in [0.5, 0.6) is 0 Å². The molecule has 10 aromatic rings. The SMILES string of the molecule is Cc1cc(-c2cccc(Cl)c2)c2ncsc2c1.Cc1cc(Br)c2nc(N)sc2c1.Cc1cc(Br)c2ncsc2c1.Cc1ccc2nc(N)sc2c1.OB(O)c1cccc(Cl)c1. The first-order valence-electron chi connectivity index (χ1n) is 18.3. The summed E-state index contributed by atoms with van der Waals surface area (Å²) in [5, 5.41) is 19.8. The third-order valence-electron chi connectivity index (χ3n) is 8.57. The number of aryl methyl sites for hydroxylation is 4. The Morgan fingerprint density at radius 1 is 0.557 bits per heavy atom. The summed E-state index contributed by atoms with van der Waals surface area (Å²) < 4.78 is 6.89. The van der Waals surface area contributed by atoms with Crippen LogP contribution >= 0.6 is 100 Å². The van der Waals surface area contributed by atoms with Gasteiger partial charge in [0.1, 0.15) is 0 Å². The Balaban J connectivity index is 0.000000129. The van der Waals surface area contributed by atoms with Gasteiger partial charge < -0.3 is 21.5 Å². The minimum absolute atomic E-state index is 0.410. The largest absolute Gasteiger partial charge is 0.488 e. The van der Waals surface area contributed by atoms with E-state index in [0.717, 1.165) is 51.9 Å². The van der Waals surface area contributed by atoms with Crippen molar-refractivity contribution in [2.45, 2.75) is 27.7 Å². The molecule has 0 unspecified atom stereocenters. The van der Waals surface area contributed by atoms with Gasteiger partial charge >= 0.3 is 7.12 Å². The van der Waals surface area contributed by atoms with Gasteiger partial charge in [-0.1, -0.05) is 76.2 Å². The first-order chi connectivity index (χ1) is 29.1. The number of halogens is 4. The molecule has 0 saturated heterocycles. The molecule has 0 atom stereocenters. The highest BCUT2D eigenvalue weighted by atomic mass is 79.9.